The molecule has 1 aliphatic rings. The van der Waals surface area contributed by atoms with Crippen LogP contribution >= 0.6 is 0 Å². The van der Waals surface area contributed by atoms with Crippen LogP contribution in [0.5, 0.6) is 0 Å². The summed E-state index contributed by atoms with van der Waals surface area (Å²) in [5.41, 5.74) is 5.89. The number of rotatable bonds is 5. The first-order chi connectivity index (χ1) is 8.65. The van der Waals surface area contributed by atoms with Crippen LogP contribution in [0.4, 0.5) is 11.8 Å². The second-order valence-electron chi connectivity index (χ2n) is 4.77. The number of nitrogens with one attached hydrogen (secondary N) is 1. The molecule has 0 aliphatic carbocycles. The van der Waals surface area contributed by atoms with Crippen LogP contribution in [0.25, 0.3) is 0 Å². The third-order valence-electron chi connectivity index (χ3n) is 2.84. The molecule has 0 bridgehead atoms. The van der Waals surface area contributed by atoms with Gasteiger partial charge in [-0.2, -0.15) is 4.98 Å². The fourth-order valence-corrected chi connectivity index (χ4v) is 1.88. The Balaban J connectivity index is 1.92. The molecule has 0 radical (unpaired) electrons. The van der Waals surface area contributed by atoms with Gasteiger partial charge in [-0.05, 0) is 26.3 Å². The summed E-state index contributed by atoms with van der Waals surface area (Å²) in [6, 6.07) is 2.16. The van der Waals surface area contributed by atoms with Crippen molar-refractivity contribution in [2.75, 3.05) is 30.0 Å². The quantitative estimate of drug-likeness (QED) is 0.754. The SMILES string of the molecule is CC(C)OCNc1nccc(N2CCC(N)C2)n1. The van der Waals surface area contributed by atoms with Crippen molar-refractivity contribution in [1.82, 2.24) is 9.97 Å². The van der Waals surface area contributed by atoms with Crippen molar-refractivity contribution in [1.29, 1.82) is 0 Å². The normalized spacial score (nSPS) is 19.6. The van der Waals surface area contributed by atoms with Crippen LogP contribution in [0.1, 0.15) is 20.3 Å². The summed E-state index contributed by atoms with van der Waals surface area (Å²) >= 11 is 0. The number of ether oxygens (including phenoxy) is 1. The number of hydrogen-bond acceptors (Lipinski definition) is 6. The van der Waals surface area contributed by atoms with E-state index < -0.39 is 0 Å². The van der Waals surface area contributed by atoms with Gasteiger partial charge in [0, 0.05) is 25.3 Å². The highest BCUT2D eigenvalue weighted by Gasteiger charge is 2.20. The van der Waals surface area contributed by atoms with Crippen molar-refractivity contribution in [2.45, 2.75) is 32.4 Å². The van der Waals surface area contributed by atoms with Gasteiger partial charge in [-0.25, -0.2) is 4.98 Å². The molecule has 0 spiro atoms. The molecular weight excluding hydrogens is 230 g/mol. The summed E-state index contributed by atoms with van der Waals surface area (Å²) in [6.07, 6.45) is 2.96. The average Bonchev–Trinajstić information content (AvgIpc) is 2.76. The molecule has 0 saturated carbocycles. The molecule has 2 rings (SSSR count). The van der Waals surface area contributed by atoms with Gasteiger partial charge in [0.25, 0.3) is 0 Å². The van der Waals surface area contributed by atoms with Gasteiger partial charge in [-0.3, -0.25) is 0 Å². The molecule has 1 unspecified atom stereocenters. The van der Waals surface area contributed by atoms with Crippen LogP contribution in [-0.2, 0) is 4.74 Å². The molecule has 1 aliphatic heterocycles. The average molecular weight is 251 g/mol. The zero-order valence-corrected chi connectivity index (χ0v) is 11.0. The highest BCUT2D eigenvalue weighted by Crippen LogP contribution is 2.17. The van der Waals surface area contributed by atoms with Crippen LogP contribution in [0, 0.1) is 0 Å². The molecule has 6 heteroatoms. The van der Waals surface area contributed by atoms with Gasteiger partial charge < -0.3 is 20.7 Å². The van der Waals surface area contributed by atoms with Crippen molar-refractivity contribution in [2.24, 2.45) is 5.73 Å². The minimum Gasteiger partial charge on any atom is -0.359 e. The van der Waals surface area contributed by atoms with Gasteiger partial charge in [0.15, 0.2) is 0 Å². The van der Waals surface area contributed by atoms with E-state index in [4.69, 9.17) is 10.5 Å². The van der Waals surface area contributed by atoms with Crippen LogP contribution in [0.2, 0.25) is 0 Å². The van der Waals surface area contributed by atoms with E-state index >= 15 is 0 Å². The van der Waals surface area contributed by atoms with Crippen LogP contribution in [0.3, 0.4) is 0 Å². The van der Waals surface area contributed by atoms with E-state index in [1.165, 1.54) is 0 Å². The number of nitrogens with zero attached hydrogens (tertiary/aromatic N) is 3. The summed E-state index contributed by atoms with van der Waals surface area (Å²) in [5.74, 6) is 1.51. The van der Waals surface area contributed by atoms with Crippen molar-refractivity contribution < 1.29 is 4.74 Å². The molecular formula is C12H21N5O. The summed E-state index contributed by atoms with van der Waals surface area (Å²) in [5, 5.41) is 3.05. The van der Waals surface area contributed by atoms with E-state index in [9.17, 15) is 0 Å². The predicted octanol–water partition coefficient (Wildman–Crippen LogP) is 0.808. The van der Waals surface area contributed by atoms with E-state index in [0.29, 0.717) is 12.7 Å². The largest absolute Gasteiger partial charge is 0.359 e. The highest BCUT2D eigenvalue weighted by atomic mass is 16.5. The van der Waals surface area contributed by atoms with E-state index in [0.717, 1.165) is 25.3 Å². The third-order valence-corrected chi connectivity index (χ3v) is 2.84. The number of hydrogen-bond donors (Lipinski definition) is 2. The van der Waals surface area contributed by atoms with Crippen molar-refractivity contribution in [3.63, 3.8) is 0 Å². The fraction of sp³-hybridized carbons (Fsp3) is 0.667. The predicted molar refractivity (Wildman–Crippen MR) is 71.5 cm³/mol. The molecule has 1 aromatic heterocycles. The molecule has 1 atom stereocenters. The smallest absolute Gasteiger partial charge is 0.226 e. The number of aromatic nitrogens is 2. The maximum atomic E-state index is 5.89. The van der Waals surface area contributed by atoms with Crippen LogP contribution < -0.4 is 16.0 Å². The molecule has 100 valence electrons. The van der Waals surface area contributed by atoms with Crippen LogP contribution in [-0.4, -0.2) is 41.9 Å². The minimum atomic E-state index is 0.192. The Bertz CT molecular complexity index is 384. The lowest BCUT2D eigenvalue weighted by Crippen LogP contribution is -2.27. The Morgan fingerprint density at radius 1 is 1.61 bits per heavy atom. The first kappa shape index (κ1) is 13.0. The molecule has 1 aromatic rings. The molecule has 18 heavy (non-hydrogen) atoms. The summed E-state index contributed by atoms with van der Waals surface area (Å²) in [6.45, 7) is 6.22. The molecule has 0 amide bonds. The Hall–Kier alpha value is -1.40. The third kappa shape index (κ3) is 3.54. The molecule has 6 nitrogen and oxygen atoms in total. The van der Waals surface area contributed by atoms with Crippen molar-refractivity contribution >= 4 is 11.8 Å². The maximum Gasteiger partial charge on any atom is 0.226 e. The van der Waals surface area contributed by atoms with E-state index in [-0.39, 0.29) is 12.1 Å². The molecule has 1 fully saturated rings. The molecule has 1 saturated heterocycles. The Morgan fingerprint density at radius 2 is 2.44 bits per heavy atom. The second kappa shape index (κ2) is 5.97. The van der Waals surface area contributed by atoms with Crippen LogP contribution in [0.15, 0.2) is 12.3 Å². The zero-order chi connectivity index (χ0) is 13.0. The first-order valence-electron chi connectivity index (χ1n) is 6.34. The number of nitrogens with two attached hydrogens (primary N) is 1. The summed E-state index contributed by atoms with van der Waals surface area (Å²) < 4.78 is 5.40. The first-order valence-corrected chi connectivity index (χ1v) is 6.34. The van der Waals surface area contributed by atoms with Gasteiger partial charge >= 0.3 is 0 Å². The van der Waals surface area contributed by atoms with Gasteiger partial charge in [0.2, 0.25) is 5.95 Å². The van der Waals surface area contributed by atoms with Crippen molar-refractivity contribution in [3.8, 4) is 0 Å². The lowest BCUT2D eigenvalue weighted by molar-refractivity contribution is 0.0935. The van der Waals surface area contributed by atoms with E-state index in [2.05, 4.69) is 20.2 Å². The van der Waals surface area contributed by atoms with Gasteiger partial charge in [0.05, 0.1) is 6.10 Å². The minimum absolute atomic E-state index is 0.192. The van der Waals surface area contributed by atoms with Gasteiger partial charge in [-0.1, -0.05) is 0 Å². The monoisotopic (exact) mass is 251 g/mol. The highest BCUT2D eigenvalue weighted by molar-refractivity contribution is 5.43. The van der Waals surface area contributed by atoms with E-state index in [1.807, 2.05) is 19.9 Å². The molecule has 2 heterocycles. The van der Waals surface area contributed by atoms with Gasteiger partial charge in [0.1, 0.15) is 12.5 Å². The zero-order valence-electron chi connectivity index (χ0n) is 11.0. The molecule has 0 aromatic carbocycles. The topological polar surface area (TPSA) is 76.3 Å². The van der Waals surface area contributed by atoms with Crippen molar-refractivity contribution in [3.05, 3.63) is 12.3 Å². The molecule has 3 N–H and O–H groups in total. The van der Waals surface area contributed by atoms with E-state index in [1.54, 1.807) is 6.20 Å². The second-order valence-corrected chi connectivity index (χ2v) is 4.77. The van der Waals surface area contributed by atoms with Gasteiger partial charge in [-0.15, -0.1) is 0 Å². The summed E-state index contributed by atoms with van der Waals surface area (Å²) in [4.78, 5) is 10.8. The lowest BCUT2D eigenvalue weighted by Gasteiger charge is -2.17. The lowest BCUT2D eigenvalue weighted by atomic mass is 10.3. The maximum absolute atomic E-state index is 5.89. The fourth-order valence-electron chi connectivity index (χ4n) is 1.88. The summed E-state index contributed by atoms with van der Waals surface area (Å²) in [7, 11) is 0. The Kier molecular flexibility index (Phi) is 4.33. The Labute approximate surface area is 108 Å². The standard InChI is InChI=1S/C12H21N5O/c1-9(2)18-8-15-12-14-5-3-11(16-12)17-6-4-10(13)7-17/h3,5,9-10H,4,6-8,13H2,1-2H3,(H,14,15,16). The number of anilines is 2. The Morgan fingerprint density at radius 3 is 3.11 bits per heavy atom.